The SMILES string of the molecule is Cc1cccc(N(C)C(=O)c2cncc(Br)c2)c1. The van der Waals surface area contributed by atoms with Gasteiger partial charge in [-0.1, -0.05) is 12.1 Å². The topological polar surface area (TPSA) is 33.2 Å². The van der Waals surface area contributed by atoms with Gasteiger partial charge in [0.1, 0.15) is 0 Å². The molecule has 0 unspecified atom stereocenters. The van der Waals surface area contributed by atoms with E-state index in [1.165, 1.54) is 0 Å². The Kier molecular flexibility index (Phi) is 3.77. The van der Waals surface area contributed by atoms with Crippen LogP contribution >= 0.6 is 15.9 Å². The lowest BCUT2D eigenvalue weighted by atomic mass is 10.2. The van der Waals surface area contributed by atoms with Crippen LogP contribution in [0.25, 0.3) is 0 Å². The van der Waals surface area contributed by atoms with Crippen molar-refractivity contribution in [3.05, 3.63) is 58.3 Å². The molecule has 0 spiro atoms. The fraction of sp³-hybridized carbons (Fsp3) is 0.143. The van der Waals surface area contributed by atoms with Gasteiger partial charge in [0, 0.05) is 29.6 Å². The number of anilines is 1. The zero-order chi connectivity index (χ0) is 13.1. The fourth-order valence-electron chi connectivity index (χ4n) is 1.68. The van der Waals surface area contributed by atoms with Crippen LogP contribution in [0.4, 0.5) is 5.69 Å². The first kappa shape index (κ1) is 12.8. The quantitative estimate of drug-likeness (QED) is 0.851. The van der Waals surface area contributed by atoms with Gasteiger partial charge in [0.25, 0.3) is 5.91 Å². The van der Waals surface area contributed by atoms with Crippen LogP contribution < -0.4 is 4.90 Å². The van der Waals surface area contributed by atoms with Crippen LogP contribution in [0.15, 0.2) is 47.2 Å². The first-order valence-corrected chi connectivity index (χ1v) is 6.32. The molecule has 4 heteroatoms. The minimum Gasteiger partial charge on any atom is -0.311 e. The van der Waals surface area contributed by atoms with Gasteiger partial charge in [0.15, 0.2) is 0 Å². The second-order valence-electron chi connectivity index (χ2n) is 4.10. The fourth-order valence-corrected chi connectivity index (χ4v) is 2.04. The molecule has 1 amide bonds. The first-order valence-electron chi connectivity index (χ1n) is 5.53. The van der Waals surface area contributed by atoms with E-state index in [1.807, 2.05) is 31.2 Å². The molecule has 0 aliphatic rings. The molecule has 0 atom stereocenters. The van der Waals surface area contributed by atoms with Crippen molar-refractivity contribution in [2.45, 2.75) is 6.92 Å². The van der Waals surface area contributed by atoms with E-state index in [0.717, 1.165) is 15.7 Å². The van der Waals surface area contributed by atoms with Gasteiger partial charge in [-0.15, -0.1) is 0 Å². The molecule has 0 aliphatic heterocycles. The van der Waals surface area contributed by atoms with Gasteiger partial charge >= 0.3 is 0 Å². The lowest BCUT2D eigenvalue weighted by molar-refractivity contribution is 0.0992. The Morgan fingerprint density at radius 3 is 2.72 bits per heavy atom. The highest BCUT2D eigenvalue weighted by molar-refractivity contribution is 9.10. The van der Waals surface area contributed by atoms with Crippen molar-refractivity contribution >= 4 is 27.5 Å². The largest absolute Gasteiger partial charge is 0.311 e. The summed E-state index contributed by atoms with van der Waals surface area (Å²) in [7, 11) is 1.76. The van der Waals surface area contributed by atoms with Gasteiger partial charge in [-0.3, -0.25) is 9.78 Å². The van der Waals surface area contributed by atoms with Gasteiger partial charge in [-0.2, -0.15) is 0 Å². The molecule has 0 saturated carbocycles. The van der Waals surface area contributed by atoms with Crippen molar-refractivity contribution < 1.29 is 4.79 Å². The Balaban J connectivity index is 2.29. The van der Waals surface area contributed by atoms with Crippen molar-refractivity contribution in [3.63, 3.8) is 0 Å². The Labute approximate surface area is 115 Å². The molecule has 0 fully saturated rings. The van der Waals surface area contributed by atoms with Crippen LogP contribution in [0.2, 0.25) is 0 Å². The van der Waals surface area contributed by atoms with Gasteiger partial charge in [0.05, 0.1) is 5.56 Å². The Morgan fingerprint density at radius 1 is 1.28 bits per heavy atom. The summed E-state index contributed by atoms with van der Waals surface area (Å²) in [6, 6.07) is 9.59. The number of rotatable bonds is 2. The second kappa shape index (κ2) is 5.31. The molecule has 1 aromatic heterocycles. The number of pyridine rings is 1. The van der Waals surface area contributed by atoms with E-state index in [4.69, 9.17) is 0 Å². The van der Waals surface area contributed by atoms with Gasteiger partial charge in [0.2, 0.25) is 0 Å². The van der Waals surface area contributed by atoms with Crippen molar-refractivity contribution in [1.82, 2.24) is 4.98 Å². The van der Waals surface area contributed by atoms with Gasteiger partial charge in [-0.25, -0.2) is 0 Å². The van der Waals surface area contributed by atoms with Crippen molar-refractivity contribution in [2.24, 2.45) is 0 Å². The average Bonchev–Trinajstić information content (AvgIpc) is 2.37. The maximum absolute atomic E-state index is 12.3. The number of carbonyl (C=O) groups is 1. The normalized spacial score (nSPS) is 10.2. The molecule has 1 heterocycles. The summed E-state index contributed by atoms with van der Waals surface area (Å²) in [6.07, 6.45) is 3.23. The second-order valence-corrected chi connectivity index (χ2v) is 5.01. The van der Waals surface area contributed by atoms with E-state index in [0.29, 0.717) is 5.56 Å². The predicted octanol–water partition coefficient (Wildman–Crippen LogP) is 3.43. The van der Waals surface area contributed by atoms with Gasteiger partial charge < -0.3 is 4.90 Å². The summed E-state index contributed by atoms with van der Waals surface area (Å²) in [5, 5.41) is 0. The summed E-state index contributed by atoms with van der Waals surface area (Å²) in [5.41, 5.74) is 2.56. The molecule has 92 valence electrons. The van der Waals surface area contributed by atoms with Crippen molar-refractivity contribution in [3.8, 4) is 0 Å². The highest BCUT2D eigenvalue weighted by atomic mass is 79.9. The van der Waals surface area contributed by atoms with E-state index in [-0.39, 0.29) is 5.91 Å². The highest BCUT2D eigenvalue weighted by Crippen LogP contribution is 2.18. The standard InChI is InChI=1S/C14H13BrN2O/c1-10-4-3-5-13(6-10)17(2)14(18)11-7-12(15)9-16-8-11/h3-9H,1-2H3. The number of aryl methyl sites for hydroxylation is 1. The summed E-state index contributed by atoms with van der Waals surface area (Å²) < 4.78 is 0.797. The third-order valence-electron chi connectivity index (χ3n) is 2.65. The van der Waals surface area contributed by atoms with Crippen LogP contribution in [0.3, 0.4) is 0 Å². The molecule has 3 nitrogen and oxygen atoms in total. The molecule has 0 saturated heterocycles. The van der Waals surface area contributed by atoms with E-state index in [9.17, 15) is 4.79 Å². The van der Waals surface area contributed by atoms with Crippen LogP contribution in [0, 0.1) is 6.92 Å². The molecule has 0 bridgehead atoms. The summed E-state index contributed by atoms with van der Waals surface area (Å²) in [6.45, 7) is 2.00. The van der Waals surface area contributed by atoms with Crippen molar-refractivity contribution in [1.29, 1.82) is 0 Å². The number of hydrogen-bond acceptors (Lipinski definition) is 2. The molecular formula is C14H13BrN2O. The van der Waals surface area contributed by atoms with E-state index in [2.05, 4.69) is 20.9 Å². The molecular weight excluding hydrogens is 292 g/mol. The molecule has 1 aromatic carbocycles. The van der Waals surface area contributed by atoms with E-state index in [1.54, 1.807) is 30.4 Å². The monoisotopic (exact) mass is 304 g/mol. The number of amides is 1. The van der Waals surface area contributed by atoms with Crippen LogP contribution in [0.5, 0.6) is 0 Å². The number of halogens is 1. The lowest BCUT2D eigenvalue weighted by Crippen LogP contribution is -2.26. The minimum atomic E-state index is -0.0746. The predicted molar refractivity (Wildman–Crippen MR) is 75.8 cm³/mol. The third kappa shape index (κ3) is 2.76. The maximum atomic E-state index is 12.3. The van der Waals surface area contributed by atoms with Crippen LogP contribution in [-0.4, -0.2) is 17.9 Å². The van der Waals surface area contributed by atoms with Gasteiger partial charge in [-0.05, 0) is 46.6 Å². The summed E-state index contributed by atoms with van der Waals surface area (Å²) >= 11 is 3.31. The third-order valence-corrected chi connectivity index (χ3v) is 3.08. The molecule has 0 N–H and O–H groups in total. The first-order chi connectivity index (χ1) is 8.58. The summed E-state index contributed by atoms with van der Waals surface area (Å²) in [4.78, 5) is 17.9. The highest BCUT2D eigenvalue weighted by Gasteiger charge is 2.13. The van der Waals surface area contributed by atoms with Crippen LogP contribution in [0.1, 0.15) is 15.9 Å². The van der Waals surface area contributed by atoms with Crippen molar-refractivity contribution in [2.75, 3.05) is 11.9 Å². The molecule has 2 rings (SSSR count). The number of hydrogen-bond donors (Lipinski definition) is 0. The molecule has 0 radical (unpaired) electrons. The zero-order valence-electron chi connectivity index (χ0n) is 10.2. The van der Waals surface area contributed by atoms with E-state index >= 15 is 0 Å². The molecule has 0 aliphatic carbocycles. The van der Waals surface area contributed by atoms with Crippen LogP contribution in [-0.2, 0) is 0 Å². The van der Waals surface area contributed by atoms with E-state index < -0.39 is 0 Å². The Morgan fingerprint density at radius 2 is 2.06 bits per heavy atom. The lowest BCUT2D eigenvalue weighted by Gasteiger charge is -2.17. The molecule has 2 aromatic rings. The average molecular weight is 305 g/mol. The maximum Gasteiger partial charge on any atom is 0.259 e. The number of aromatic nitrogens is 1. The Hall–Kier alpha value is -1.68. The Bertz CT molecular complexity index is 584. The summed E-state index contributed by atoms with van der Waals surface area (Å²) in [5.74, 6) is -0.0746. The zero-order valence-corrected chi connectivity index (χ0v) is 11.8. The number of nitrogens with zero attached hydrogens (tertiary/aromatic N) is 2. The molecule has 18 heavy (non-hydrogen) atoms. The number of benzene rings is 1. The number of carbonyl (C=O) groups excluding carboxylic acids is 1. The minimum absolute atomic E-state index is 0.0746. The smallest absolute Gasteiger partial charge is 0.259 e.